The lowest BCUT2D eigenvalue weighted by molar-refractivity contribution is -0.145. The summed E-state index contributed by atoms with van der Waals surface area (Å²) in [5.41, 5.74) is 1.73. The molecule has 0 unspecified atom stereocenters. The largest absolute Gasteiger partial charge is 0.497 e. The van der Waals surface area contributed by atoms with Crippen molar-refractivity contribution in [3.05, 3.63) is 64.4 Å². The number of aliphatic hydroxyl groups is 1. The summed E-state index contributed by atoms with van der Waals surface area (Å²) in [5.74, 6) is 0.789. The Morgan fingerprint density at radius 2 is 1.95 bits per heavy atom. The molecule has 3 heterocycles. The van der Waals surface area contributed by atoms with Gasteiger partial charge in [0, 0.05) is 48.8 Å². The third kappa shape index (κ3) is 4.31. The van der Waals surface area contributed by atoms with Crippen LogP contribution in [0.5, 0.6) is 5.75 Å². The number of rotatable bonds is 8. The van der Waals surface area contributed by atoms with E-state index in [1.54, 1.807) is 12.0 Å². The fourth-order valence-electron chi connectivity index (χ4n) is 6.60. The van der Waals surface area contributed by atoms with Gasteiger partial charge in [0.1, 0.15) is 5.75 Å². The van der Waals surface area contributed by atoms with Crippen LogP contribution in [0.15, 0.2) is 53.1 Å². The number of halogens is 1. The first kappa shape index (κ1) is 27.0. The van der Waals surface area contributed by atoms with Crippen LogP contribution in [-0.2, 0) is 28.1 Å². The Morgan fingerprint density at radius 1 is 1.21 bits per heavy atom. The average Bonchev–Trinajstić information content (AvgIpc) is 3.54. The number of hydrogen-bond acceptors (Lipinski definition) is 6. The third-order valence-electron chi connectivity index (χ3n) is 8.52. The van der Waals surface area contributed by atoms with Crippen molar-refractivity contribution in [2.45, 2.75) is 56.7 Å². The van der Waals surface area contributed by atoms with Crippen LogP contribution >= 0.6 is 15.9 Å². The number of fused-ring (bicyclic) bond motifs is 2. The van der Waals surface area contributed by atoms with Gasteiger partial charge in [0.25, 0.3) is 5.91 Å². The molecule has 0 aliphatic carbocycles. The maximum absolute atomic E-state index is 14.0. The summed E-state index contributed by atoms with van der Waals surface area (Å²) in [5, 5.41) is 19.0. The number of ether oxygens (including phenoxy) is 2. The van der Waals surface area contributed by atoms with Crippen LogP contribution in [-0.4, -0.2) is 60.9 Å². The molecule has 1 aromatic heterocycles. The molecular weight excluding hydrogens is 564 g/mol. The van der Waals surface area contributed by atoms with Gasteiger partial charge in [-0.1, -0.05) is 58.5 Å². The van der Waals surface area contributed by atoms with Gasteiger partial charge in [0.15, 0.2) is 5.60 Å². The highest BCUT2D eigenvalue weighted by molar-refractivity contribution is 9.10. The number of amides is 1. The lowest BCUT2D eigenvalue weighted by Crippen LogP contribution is -2.51. The second-order valence-corrected chi connectivity index (χ2v) is 16.5. The van der Waals surface area contributed by atoms with E-state index in [1.165, 1.54) is 5.19 Å². The molecule has 1 N–H and O–H groups in total. The molecule has 0 radical (unpaired) electrons. The number of aryl methyl sites for hydroxylation is 1. The summed E-state index contributed by atoms with van der Waals surface area (Å²) < 4.78 is 15.2. The van der Waals surface area contributed by atoms with E-state index in [1.807, 2.05) is 48.3 Å². The summed E-state index contributed by atoms with van der Waals surface area (Å²) in [6.45, 7) is 7.61. The Labute approximate surface area is 233 Å². The predicted octanol–water partition coefficient (Wildman–Crippen LogP) is 3.87. The SMILES string of the molecule is COc1ccc([Si](C)(C)[C@H]2[C@H](CCn3cc(CCO)nn3)O[C@@]3(C(=O)N(C)c4ccc(Br)cc43)[C@@H]2C)cc1. The van der Waals surface area contributed by atoms with Gasteiger partial charge in [-0.3, -0.25) is 9.48 Å². The van der Waals surface area contributed by atoms with E-state index in [9.17, 15) is 9.90 Å². The first-order valence-corrected chi connectivity index (χ1v) is 16.9. The van der Waals surface area contributed by atoms with E-state index in [2.05, 4.69) is 58.4 Å². The Hall–Kier alpha value is -2.53. The number of anilines is 1. The van der Waals surface area contributed by atoms with E-state index < -0.39 is 13.7 Å². The maximum atomic E-state index is 14.0. The minimum atomic E-state index is -2.18. The van der Waals surface area contributed by atoms with E-state index in [-0.39, 0.29) is 30.1 Å². The van der Waals surface area contributed by atoms with Crippen LogP contribution in [0.4, 0.5) is 5.69 Å². The minimum absolute atomic E-state index is 0.00359. The summed E-state index contributed by atoms with van der Waals surface area (Å²) >= 11 is 3.63. The molecule has 0 bridgehead atoms. The van der Waals surface area contributed by atoms with Crippen LogP contribution < -0.4 is 14.8 Å². The lowest BCUT2D eigenvalue weighted by Gasteiger charge is -2.37. The second-order valence-electron chi connectivity index (χ2n) is 10.9. The van der Waals surface area contributed by atoms with E-state index in [4.69, 9.17) is 9.47 Å². The zero-order chi connectivity index (χ0) is 27.2. The van der Waals surface area contributed by atoms with Crippen LogP contribution in [0.1, 0.15) is 24.6 Å². The number of aromatic nitrogens is 3. The van der Waals surface area contributed by atoms with Crippen molar-refractivity contribution >= 4 is 40.8 Å². The fourth-order valence-corrected chi connectivity index (χ4v) is 11.0. The molecule has 4 atom stereocenters. The molecule has 1 spiro atoms. The summed E-state index contributed by atoms with van der Waals surface area (Å²) in [6, 6.07) is 14.4. The molecule has 5 rings (SSSR count). The Kier molecular flexibility index (Phi) is 7.27. The average molecular weight is 600 g/mol. The minimum Gasteiger partial charge on any atom is -0.497 e. The van der Waals surface area contributed by atoms with Crippen LogP contribution in [0, 0.1) is 5.92 Å². The van der Waals surface area contributed by atoms with Gasteiger partial charge in [-0.15, -0.1) is 5.10 Å². The highest BCUT2D eigenvalue weighted by atomic mass is 79.9. The fraction of sp³-hybridized carbons (Fsp3) is 0.464. The van der Waals surface area contributed by atoms with Crippen molar-refractivity contribution in [2.75, 3.05) is 25.7 Å². The predicted molar refractivity (Wildman–Crippen MR) is 153 cm³/mol. The monoisotopic (exact) mass is 598 g/mol. The molecule has 1 amide bonds. The Bertz CT molecular complexity index is 1330. The van der Waals surface area contributed by atoms with E-state index >= 15 is 0 Å². The molecule has 2 aliphatic heterocycles. The standard InChI is InChI=1S/C28H35BrN4O4Si/c1-18-26(38(4,5)22-9-7-21(36-3)8-10-22)25(12-14-33-17-20(13-15-34)30-31-33)37-28(18)23-16-19(29)6-11-24(23)32(2)27(28)35/h6-11,16-18,25-26,34H,12-15H2,1-5H3/t18-,25+,26-,28+/m1/s1. The molecule has 2 aromatic carbocycles. The number of carbonyl (C=O) groups excluding carboxylic acids is 1. The Morgan fingerprint density at radius 3 is 2.63 bits per heavy atom. The van der Waals surface area contributed by atoms with Crippen molar-refractivity contribution in [2.24, 2.45) is 5.92 Å². The number of benzene rings is 2. The number of hydrogen-bond donors (Lipinski definition) is 1. The first-order chi connectivity index (χ1) is 18.1. The van der Waals surface area contributed by atoms with Crippen LogP contribution in [0.2, 0.25) is 18.6 Å². The quantitative estimate of drug-likeness (QED) is 0.396. The molecule has 3 aromatic rings. The van der Waals surface area contributed by atoms with Crippen molar-refractivity contribution in [1.82, 2.24) is 15.0 Å². The van der Waals surface area contributed by atoms with Gasteiger partial charge >= 0.3 is 0 Å². The van der Waals surface area contributed by atoms with Gasteiger partial charge in [-0.05, 0) is 42.3 Å². The van der Waals surface area contributed by atoms with Gasteiger partial charge in [-0.25, -0.2) is 0 Å². The molecule has 1 fully saturated rings. The number of likely N-dealkylation sites (N-methyl/N-ethyl adjacent to an activating group) is 1. The number of aliphatic hydroxyl groups excluding tert-OH is 1. The number of methoxy groups -OCH3 is 1. The molecule has 38 heavy (non-hydrogen) atoms. The zero-order valence-corrected chi connectivity index (χ0v) is 25.1. The summed E-state index contributed by atoms with van der Waals surface area (Å²) in [6.07, 6.45) is 2.91. The molecule has 10 heteroatoms. The normalized spacial score (nSPS) is 24.9. The zero-order valence-electron chi connectivity index (χ0n) is 22.5. The molecule has 8 nitrogen and oxygen atoms in total. The van der Waals surface area contributed by atoms with E-state index in [0.29, 0.717) is 19.4 Å². The molecule has 202 valence electrons. The molecule has 2 aliphatic rings. The van der Waals surface area contributed by atoms with Crippen molar-refractivity contribution in [1.29, 1.82) is 0 Å². The molecular formula is C28H35BrN4O4Si. The highest BCUT2D eigenvalue weighted by Gasteiger charge is 2.65. The summed E-state index contributed by atoms with van der Waals surface area (Å²) in [4.78, 5) is 15.8. The van der Waals surface area contributed by atoms with Crippen LogP contribution in [0.3, 0.4) is 0 Å². The van der Waals surface area contributed by atoms with Crippen molar-refractivity contribution in [3.63, 3.8) is 0 Å². The highest BCUT2D eigenvalue weighted by Crippen LogP contribution is 2.59. The van der Waals surface area contributed by atoms with Gasteiger partial charge < -0.3 is 19.5 Å². The van der Waals surface area contributed by atoms with Crippen LogP contribution in [0.25, 0.3) is 0 Å². The summed E-state index contributed by atoms with van der Waals surface area (Å²) in [7, 11) is 1.34. The van der Waals surface area contributed by atoms with Gasteiger partial charge in [0.05, 0.1) is 32.7 Å². The number of carbonyl (C=O) groups is 1. The van der Waals surface area contributed by atoms with Crippen molar-refractivity contribution < 1.29 is 19.4 Å². The first-order valence-electron chi connectivity index (χ1n) is 13.0. The topological polar surface area (TPSA) is 89.7 Å². The number of nitrogens with zero attached hydrogens (tertiary/aromatic N) is 4. The smallest absolute Gasteiger partial charge is 0.264 e. The second kappa shape index (κ2) is 10.2. The Balaban J connectivity index is 1.55. The molecule has 1 saturated heterocycles. The van der Waals surface area contributed by atoms with E-state index in [0.717, 1.165) is 27.2 Å². The van der Waals surface area contributed by atoms with Gasteiger partial charge in [0.2, 0.25) is 0 Å². The third-order valence-corrected chi connectivity index (χ3v) is 13.4. The molecule has 0 saturated carbocycles. The lowest BCUT2D eigenvalue weighted by atomic mass is 9.82. The maximum Gasteiger partial charge on any atom is 0.264 e. The van der Waals surface area contributed by atoms with Gasteiger partial charge in [-0.2, -0.15) is 0 Å². The van der Waals surface area contributed by atoms with Crippen molar-refractivity contribution in [3.8, 4) is 5.75 Å².